The van der Waals surface area contributed by atoms with Crippen LogP contribution in [0.1, 0.15) is 316 Å². The summed E-state index contributed by atoms with van der Waals surface area (Å²) >= 11 is 0. The molecule has 4 nitrogen and oxygen atoms in total. The fourth-order valence-corrected chi connectivity index (χ4v) is 8.83. The van der Waals surface area contributed by atoms with Crippen molar-refractivity contribution in [1.82, 2.24) is 5.32 Å². The van der Waals surface area contributed by atoms with Gasteiger partial charge in [0.1, 0.15) is 0 Å². The molecule has 0 saturated heterocycles. The lowest BCUT2D eigenvalue weighted by Crippen LogP contribution is -2.45. The smallest absolute Gasteiger partial charge is 0.220 e. The number of hydrogen-bond acceptors (Lipinski definition) is 3. The Kier molecular flexibility index (Phi) is 50.7. The standard InChI is InChI=1S/C55H109NO3/c1-3-5-7-9-11-13-15-17-19-21-22-23-24-25-26-27-28-29-30-31-32-33-35-37-39-41-43-45-47-49-51-55(59)56-53(52-57)54(58)50-48-46-44-42-40-38-36-34-20-18-16-14-12-10-8-6-4-2/h48,50,53-54,57-58H,3-47,49,51-52H2,1-2H3,(H,56,59)/b50-48+. The van der Waals surface area contributed by atoms with E-state index >= 15 is 0 Å². The van der Waals surface area contributed by atoms with Gasteiger partial charge in [0, 0.05) is 6.42 Å². The lowest BCUT2D eigenvalue weighted by Gasteiger charge is -2.20. The lowest BCUT2D eigenvalue weighted by atomic mass is 10.0. The maximum absolute atomic E-state index is 12.4. The Bertz CT molecular complexity index is 814. The monoisotopic (exact) mass is 832 g/mol. The van der Waals surface area contributed by atoms with E-state index in [4.69, 9.17) is 0 Å². The minimum absolute atomic E-state index is 0.0564. The van der Waals surface area contributed by atoms with E-state index in [1.54, 1.807) is 6.08 Å². The molecule has 0 aliphatic heterocycles. The minimum Gasteiger partial charge on any atom is -0.394 e. The van der Waals surface area contributed by atoms with Crippen LogP contribution in [0.25, 0.3) is 0 Å². The van der Waals surface area contributed by atoms with Crippen LogP contribution in [0.5, 0.6) is 0 Å². The third kappa shape index (κ3) is 48.0. The number of amides is 1. The summed E-state index contributed by atoms with van der Waals surface area (Å²) in [6.07, 6.45) is 66.6. The topological polar surface area (TPSA) is 69.6 Å². The van der Waals surface area contributed by atoms with Gasteiger partial charge in [-0.1, -0.05) is 302 Å². The average molecular weight is 832 g/mol. The Morgan fingerprint density at radius 1 is 0.390 bits per heavy atom. The molecular formula is C55H109NO3. The molecule has 0 radical (unpaired) electrons. The highest BCUT2D eigenvalue weighted by Crippen LogP contribution is 2.18. The number of carbonyl (C=O) groups excluding carboxylic acids is 1. The summed E-state index contributed by atoms with van der Waals surface area (Å²) in [5.74, 6) is -0.0564. The van der Waals surface area contributed by atoms with Gasteiger partial charge in [0.25, 0.3) is 0 Å². The molecule has 352 valence electrons. The van der Waals surface area contributed by atoms with Gasteiger partial charge in [-0.15, -0.1) is 0 Å². The number of aliphatic hydroxyl groups is 2. The van der Waals surface area contributed by atoms with Crippen molar-refractivity contribution >= 4 is 5.91 Å². The molecule has 0 spiro atoms. The molecule has 4 heteroatoms. The number of allylic oxidation sites excluding steroid dienone is 1. The molecule has 2 atom stereocenters. The second kappa shape index (κ2) is 51.5. The number of nitrogens with one attached hydrogen (secondary N) is 1. The second-order valence-corrected chi connectivity index (χ2v) is 19.0. The van der Waals surface area contributed by atoms with Gasteiger partial charge >= 0.3 is 0 Å². The van der Waals surface area contributed by atoms with Crippen LogP contribution < -0.4 is 5.32 Å². The zero-order chi connectivity index (χ0) is 42.8. The number of aliphatic hydroxyl groups excluding tert-OH is 2. The first-order valence-electron chi connectivity index (χ1n) is 27.4. The van der Waals surface area contributed by atoms with Crippen molar-refractivity contribution in [3.63, 3.8) is 0 Å². The molecule has 0 bridgehead atoms. The van der Waals surface area contributed by atoms with E-state index in [1.165, 1.54) is 270 Å². The van der Waals surface area contributed by atoms with Gasteiger partial charge in [-0.2, -0.15) is 0 Å². The fraction of sp³-hybridized carbons (Fsp3) is 0.945. The molecule has 0 aliphatic rings. The molecule has 0 aromatic heterocycles. The minimum atomic E-state index is -0.835. The van der Waals surface area contributed by atoms with Gasteiger partial charge in [0.05, 0.1) is 18.8 Å². The van der Waals surface area contributed by atoms with E-state index in [-0.39, 0.29) is 12.5 Å². The highest BCUT2D eigenvalue weighted by atomic mass is 16.3. The van der Waals surface area contributed by atoms with Gasteiger partial charge < -0.3 is 15.5 Å². The van der Waals surface area contributed by atoms with Crippen LogP contribution in [0.15, 0.2) is 12.2 Å². The molecule has 0 heterocycles. The van der Waals surface area contributed by atoms with E-state index in [1.807, 2.05) is 6.08 Å². The van der Waals surface area contributed by atoms with Crippen LogP contribution in [-0.4, -0.2) is 34.9 Å². The van der Waals surface area contributed by atoms with Crippen LogP contribution in [0.3, 0.4) is 0 Å². The van der Waals surface area contributed by atoms with Crippen molar-refractivity contribution in [2.75, 3.05) is 6.61 Å². The molecule has 1 amide bonds. The number of carbonyl (C=O) groups is 1. The SMILES string of the molecule is CCCCCCCCCCCCCCCCC/C=C/C(O)C(CO)NC(=O)CCCCCCCCCCCCCCCCCCCCCCCCCCCCCCCC. The van der Waals surface area contributed by atoms with Crippen molar-refractivity contribution < 1.29 is 15.0 Å². The van der Waals surface area contributed by atoms with Crippen LogP contribution >= 0.6 is 0 Å². The summed E-state index contributed by atoms with van der Waals surface area (Å²) in [4.78, 5) is 12.4. The third-order valence-electron chi connectivity index (χ3n) is 13.0. The lowest BCUT2D eigenvalue weighted by molar-refractivity contribution is -0.123. The Morgan fingerprint density at radius 3 is 0.881 bits per heavy atom. The van der Waals surface area contributed by atoms with Gasteiger partial charge in [-0.05, 0) is 19.3 Å². The molecule has 0 aromatic carbocycles. The molecule has 0 fully saturated rings. The average Bonchev–Trinajstić information content (AvgIpc) is 3.24. The van der Waals surface area contributed by atoms with Gasteiger partial charge in [0.2, 0.25) is 5.91 Å². The molecule has 0 saturated carbocycles. The number of unbranched alkanes of at least 4 members (excludes halogenated alkanes) is 44. The van der Waals surface area contributed by atoms with Crippen LogP contribution in [-0.2, 0) is 4.79 Å². The van der Waals surface area contributed by atoms with Crippen LogP contribution in [0, 0.1) is 0 Å². The fourth-order valence-electron chi connectivity index (χ4n) is 8.83. The van der Waals surface area contributed by atoms with E-state index < -0.39 is 12.1 Å². The largest absolute Gasteiger partial charge is 0.394 e. The van der Waals surface area contributed by atoms with Crippen molar-refractivity contribution in [3.8, 4) is 0 Å². The van der Waals surface area contributed by atoms with E-state index in [0.29, 0.717) is 6.42 Å². The van der Waals surface area contributed by atoms with Gasteiger partial charge in [-0.3, -0.25) is 4.79 Å². The summed E-state index contributed by atoms with van der Waals surface area (Å²) in [6.45, 7) is 4.35. The summed E-state index contributed by atoms with van der Waals surface area (Å²) in [5.41, 5.74) is 0. The van der Waals surface area contributed by atoms with Crippen LogP contribution in [0.2, 0.25) is 0 Å². The van der Waals surface area contributed by atoms with Crippen molar-refractivity contribution in [1.29, 1.82) is 0 Å². The van der Waals surface area contributed by atoms with Gasteiger partial charge in [-0.25, -0.2) is 0 Å². The van der Waals surface area contributed by atoms with Gasteiger partial charge in [0.15, 0.2) is 0 Å². The zero-order valence-electron chi connectivity index (χ0n) is 40.6. The molecule has 2 unspecified atom stereocenters. The Morgan fingerprint density at radius 2 is 0.627 bits per heavy atom. The van der Waals surface area contributed by atoms with Crippen LogP contribution in [0.4, 0.5) is 0 Å². The van der Waals surface area contributed by atoms with E-state index in [0.717, 1.165) is 25.7 Å². The normalized spacial score (nSPS) is 12.8. The van der Waals surface area contributed by atoms with E-state index in [2.05, 4.69) is 19.2 Å². The summed E-state index contributed by atoms with van der Waals surface area (Å²) in [6, 6.07) is -0.617. The Balaban J connectivity index is 3.42. The first-order chi connectivity index (χ1) is 29.2. The predicted molar refractivity (Wildman–Crippen MR) is 263 cm³/mol. The summed E-state index contributed by atoms with van der Waals surface area (Å²) in [5, 5.41) is 23.1. The first-order valence-corrected chi connectivity index (χ1v) is 27.4. The summed E-state index contributed by atoms with van der Waals surface area (Å²) < 4.78 is 0. The third-order valence-corrected chi connectivity index (χ3v) is 13.0. The zero-order valence-corrected chi connectivity index (χ0v) is 40.6. The molecule has 0 aromatic rings. The predicted octanol–water partition coefficient (Wildman–Crippen LogP) is 17.8. The number of rotatable bonds is 51. The summed E-state index contributed by atoms with van der Waals surface area (Å²) in [7, 11) is 0. The highest BCUT2D eigenvalue weighted by Gasteiger charge is 2.18. The molecule has 0 rings (SSSR count). The first kappa shape index (κ1) is 58.1. The molecule has 59 heavy (non-hydrogen) atoms. The quantitative estimate of drug-likeness (QED) is 0.0422. The number of hydrogen-bond donors (Lipinski definition) is 3. The highest BCUT2D eigenvalue weighted by molar-refractivity contribution is 5.76. The molecule has 0 aliphatic carbocycles. The molecule has 3 N–H and O–H groups in total. The maximum atomic E-state index is 12.4. The molecular weight excluding hydrogens is 723 g/mol. The van der Waals surface area contributed by atoms with Crippen molar-refractivity contribution in [3.05, 3.63) is 12.2 Å². The van der Waals surface area contributed by atoms with Crippen molar-refractivity contribution in [2.45, 2.75) is 328 Å². The second-order valence-electron chi connectivity index (χ2n) is 19.0. The van der Waals surface area contributed by atoms with Crippen molar-refractivity contribution in [2.24, 2.45) is 0 Å². The maximum Gasteiger partial charge on any atom is 0.220 e. The Labute approximate surface area is 371 Å². The Hall–Kier alpha value is -0.870. The van der Waals surface area contributed by atoms with E-state index in [9.17, 15) is 15.0 Å².